The number of fused-ring (bicyclic) bond motifs is 1. The van der Waals surface area contributed by atoms with Gasteiger partial charge in [0.25, 0.3) is 0 Å². The van der Waals surface area contributed by atoms with Gasteiger partial charge in [0.05, 0.1) is 28.0 Å². The Hall–Kier alpha value is -1.33. The van der Waals surface area contributed by atoms with Crippen LogP contribution in [0.2, 0.25) is 5.02 Å². The second-order valence-corrected chi connectivity index (χ2v) is 5.46. The van der Waals surface area contributed by atoms with Crippen molar-refractivity contribution in [1.82, 2.24) is 14.9 Å². The molecule has 1 aliphatic heterocycles. The predicted octanol–water partition coefficient (Wildman–Crippen LogP) is 3.02. The van der Waals surface area contributed by atoms with E-state index in [4.69, 9.17) is 23.2 Å². The van der Waals surface area contributed by atoms with E-state index in [0.717, 1.165) is 0 Å². The maximum Gasteiger partial charge on any atom is 0.220 e. The molecule has 1 atom stereocenters. The Bertz CT molecular complexity index is 676. The molecule has 1 amide bonds. The molecule has 3 rings (SSSR count). The molecule has 0 spiro atoms. The molecule has 1 aromatic carbocycles. The summed E-state index contributed by atoms with van der Waals surface area (Å²) >= 11 is 11.7. The first-order chi connectivity index (χ1) is 9.60. The molecule has 1 aliphatic rings. The number of nitrogens with zero attached hydrogens (tertiary/aromatic N) is 2. The zero-order chi connectivity index (χ0) is 14.3. The van der Waals surface area contributed by atoms with E-state index >= 15 is 0 Å². The maximum atomic E-state index is 13.7. The van der Waals surface area contributed by atoms with Gasteiger partial charge < -0.3 is 9.88 Å². The number of hydrogen-bond acceptors (Lipinski definition) is 2. The Morgan fingerprint density at radius 1 is 1.50 bits per heavy atom. The third-order valence-electron chi connectivity index (χ3n) is 3.53. The number of imidazole rings is 1. The largest absolute Gasteiger partial charge is 0.354 e. The van der Waals surface area contributed by atoms with Crippen molar-refractivity contribution in [2.24, 2.45) is 0 Å². The van der Waals surface area contributed by atoms with Crippen LogP contribution in [0.3, 0.4) is 0 Å². The van der Waals surface area contributed by atoms with E-state index < -0.39 is 5.82 Å². The van der Waals surface area contributed by atoms with Crippen molar-refractivity contribution in [3.63, 3.8) is 0 Å². The minimum atomic E-state index is -0.485. The number of rotatable bonds is 2. The average molecular weight is 316 g/mol. The normalized spacial score (nSPS) is 19.4. The van der Waals surface area contributed by atoms with Gasteiger partial charge in [-0.05, 0) is 12.5 Å². The molecule has 1 fully saturated rings. The lowest BCUT2D eigenvalue weighted by Crippen LogP contribution is -2.36. The summed E-state index contributed by atoms with van der Waals surface area (Å²) in [4.78, 5) is 15.7. The third-order valence-corrected chi connectivity index (χ3v) is 4.06. The fraction of sp³-hybridized carbons (Fsp3) is 0.385. The molecule has 7 heteroatoms. The van der Waals surface area contributed by atoms with E-state index in [0.29, 0.717) is 36.2 Å². The van der Waals surface area contributed by atoms with Crippen molar-refractivity contribution >= 4 is 40.1 Å². The first kappa shape index (κ1) is 13.6. The lowest BCUT2D eigenvalue weighted by molar-refractivity contribution is -0.122. The first-order valence-corrected chi connectivity index (χ1v) is 7.20. The van der Waals surface area contributed by atoms with Crippen LogP contribution in [-0.4, -0.2) is 22.0 Å². The molecule has 1 unspecified atom stereocenters. The summed E-state index contributed by atoms with van der Waals surface area (Å²) in [6.45, 7) is 0.498. The monoisotopic (exact) mass is 315 g/mol. The number of amides is 1. The molecule has 0 aliphatic carbocycles. The van der Waals surface area contributed by atoms with Gasteiger partial charge in [-0.1, -0.05) is 11.6 Å². The van der Waals surface area contributed by atoms with Gasteiger partial charge in [0, 0.05) is 19.0 Å². The first-order valence-electron chi connectivity index (χ1n) is 6.28. The third kappa shape index (κ3) is 2.25. The molecule has 106 valence electrons. The molecule has 4 nitrogen and oxygen atoms in total. The quantitative estimate of drug-likeness (QED) is 0.866. The second kappa shape index (κ2) is 5.22. The number of alkyl halides is 1. The minimum absolute atomic E-state index is 0.0343. The van der Waals surface area contributed by atoms with Crippen molar-refractivity contribution in [2.75, 3.05) is 6.54 Å². The molecule has 1 aromatic heterocycles. The number of piperidine rings is 1. The number of carbonyl (C=O) groups excluding carboxylic acids is 1. The van der Waals surface area contributed by atoms with Gasteiger partial charge in [0.1, 0.15) is 11.6 Å². The molecule has 20 heavy (non-hydrogen) atoms. The van der Waals surface area contributed by atoms with Crippen LogP contribution in [0.5, 0.6) is 0 Å². The summed E-state index contributed by atoms with van der Waals surface area (Å²) in [5.41, 5.74) is 1.27. The van der Waals surface area contributed by atoms with E-state index in [2.05, 4.69) is 10.3 Å². The minimum Gasteiger partial charge on any atom is -0.354 e. The van der Waals surface area contributed by atoms with E-state index in [-0.39, 0.29) is 22.9 Å². The van der Waals surface area contributed by atoms with Gasteiger partial charge in [-0.3, -0.25) is 4.79 Å². The standard InChI is InChI=1S/C13H12Cl2FN3O/c14-5-12-18-10-3-8(15)9(16)4-11(10)19(12)7-1-2-13(20)17-6-7/h3-4,7H,1-2,5-6H2,(H,17,20). The highest BCUT2D eigenvalue weighted by Gasteiger charge is 2.24. The highest BCUT2D eigenvalue weighted by Crippen LogP contribution is 2.29. The zero-order valence-electron chi connectivity index (χ0n) is 10.5. The SMILES string of the molecule is O=C1CCC(n2c(CCl)nc3cc(Cl)c(F)cc32)CN1. The second-order valence-electron chi connectivity index (χ2n) is 4.78. The van der Waals surface area contributed by atoms with E-state index in [9.17, 15) is 9.18 Å². The maximum absolute atomic E-state index is 13.7. The highest BCUT2D eigenvalue weighted by atomic mass is 35.5. The molecule has 0 radical (unpaired) electrons. The Morgan fingerprint density at radius 3 is 2.95 bits per heavy atom. The number of hydrogen-bond donors (Lipinski definition) is 1. The Morgan fingerprint density at radius 2 is 2.30 bits per heavy atom. The number of halogens is 3. The molecule has 2 heterocycles. The van der Waals surface area contributed by atoms with E-state index in [1.807, 2.05) is 4.57 Å². The van der Waals surface area contributed by atoms with Crippen LogP contribution < -0.4 is 5.32 Å². The molecule has 1 saturated heterocycles. The van der Waals surface area contributed by atoms with Crippen LogP contribution in [-0.2, 0) is 10.7 Å². The molecule has 0 bridgehead atoms. The number of aromatic nitrogens is 2. The lowest BCUT2D eigenvalue weighted by atomic mass is 10.1. The molecule has 0 saturated carbocycles. The van der Waals surface area contributed by atoms with Crippen LogP contribution in [0, 0.1) is 5.82 Å². The predicted molar refractivity (Wildman–Crippen MR) is 75.5 cm³/mol. The van der Waals surface area contributed by atoms with Gasteiger partial charge >= 0.3 is 0 Å². The topological polar surface area (TPSA) is 46.9 Å². The van der Waals surface area contributed by atoms with Crippen molar-refractivity contribution in [3.8, 4) is 0 Å². The van der Waals surface area contributed by atoms with Crippen molar-refractivity contribution in [2.45, 2.75) is 24.8 Å². The fourth-order valence-electron chi connectivity index (χ4n) is 2.58. The summed E-state index contributed by atoms with van der Waals surface area (Å²) in [5, 5.41) is 2.85. The molecular weight excluding hydrogens is 304 g/mol. The van der Waals surface area contributed by atoms with E-state index in [1.54, 1.807) is 0 Å². The van der Waals surface area contributed by atoms with Crippen molar-refractivity contribution in [3.05, 3.63) is 28.8 Å². The van der Waals surface area contributed by atoms with Gasteiger partial charge in [0.2, 0.25) is 5.91 Å². The van der Waals surface area contributed by atoms with Crippen molar-refractivity contribution in [1.29, 1.82) is 0 Å². The summed E-state index contributed by atoms with van der Waals surface area (Å²) < 4.78 is 15.6. The van der Waals surface area contributed by atoms with Gasteiger partial charge in [0.15, 0.2) is 0 Å². The fourth-order valence-corrected chi connectivity index (χ4v) is 2.93. The smallest absolute Gasteiger partial charge is 0.220 e. The lowest BCUT2D eigenvalue weighted by Gasteiger charge is -2.25. The average Bonchev–Trinajstić information content (AvgIpc) is 2.78. The molecule has 1 N–H and O–H groups in total. The van der Waals surface area contributed by atoms with Crippen LogP contribution in [0.25, 0.3) is 11.0 Å². The van der Waals surface area contributed by atoms with Gasteiger partial charge in [-0.15, -0.1) is 11.6 Å². The number of benzene rings is 1. The number of nitrogens with one attached hydrogen (secondary N) is 1. The summed E-state index contributed by atoms with van der Waals surface area (Å²) in [6, 6.07) is 2.91. The zero-order valence-corrected chi connectivity index (χ0v) is 12.0. The van der Waals surface area contributed by atoms with Crippen LogP contribution in [0.15, 0.2) is 12.1 Å². The Kier molecular flexibility index (Phi) is 3.56. The van der Waals surface area contributed by atoms with Crippen LogP contribution >= 0.6 is 23.2 Å². The van der Waals surface area contributed by atoms with Crippen LogP contribution in [0.1, 0.15) is 24.7 Å². The Balaban J connectivity index is 2.12. The van der Waals surface area contributed by atoms with E-state index in [1.165, 1.54) is 12.1 Å². The van der Waals surface area contributed by atoms with Gasteiger partial charge in [-0.25, -0.2) is 9.37 Å². The summed E-state index contributed by atoms with van der Waals surface area (Å²) in [5.74, 6) is 0.427. The molecule has 2 aromatic rings. The van der Waals surface area contributed by atoms with Gasteiger partial charge in [-0.2, -0.15) is 0 Å². The number of carbonyl (C=O) groups is 1. The Labute approximate surface area is 124 Å². The van der Waals surface area contributed by atoms with Crippen molar-refractivity contribution < 1.29 is 9.18 Å². The summed E-state index contributed by atoms with van der Waals surface area (Å²) in [6.07, 6.45) is 1.13. The van der Waals surface area contributed by atoms with Crippen LogP contribution in [0.4, 0.5) is 4.39 Å². The highest BCUT2D eigenvalue weighted by molar-refractivity contribution is 6.31. The summed E-state index contributed by atoms with van der Waals surface area (Å²) in [7, 11) is 0. The molecular formula is C13H12Cl2FN3O.